The molecule has 0 bridgehead atoms. The van der Waals surface area contributed by atoms with E-state index in [1.807, 2.05) is 73.1 Å². The zero-order valence-electron chi connectivity index (χ0n) is 19.6. The molecule has 0 saturated carbocycles. The first-order valence-corrected chi connectivity index (χ1v) is 11.5. The van der Waals surface area contributed by atoms with Crippen molar-refractivity contribution in [2.24, 2.45) is 0 Å². The molecule has 33 heavy (non-hydrogen) atoms. The normalized spacial score (nSPS) is 16.8. The molecule has 2 unspecified atom stereocenters. The van der Waals surface area contributed by atoms with Gasteiger partial charge in [0.25, 0.3) is 0 Å². The molecule has 1 fully saturated rings. The van der Waals surface area contributed by atoms with Crippen LogP contribution in [0.3, 0.4) is 0 Å². The number of aromatic nitrogens is 2. The van der Waals surface area contributed by atoms with E-state index in [1.54, 1.807) is 7.11 Å². The van der Waals surface area contributed by atoms with E-state index < -0.39 is 6.10 Å². The summed E-state index contributed by atoms with van der Waals surface area (Å²) in [6.45, 7) is 6.55. The molecule has 1 aliphatic rings. The molecule has 3 aromatic rings. The van der Waals surface area contributed by atoms with E-state index in [4.69, 9.17) is 19.3 Å². The highest BCUT2D eigenvalue weighted by Gasteiger charge is 2.25. The fourth-order valence-electron chi connectivity index (χ4n) is 4.20. The second-order valence-corrected chi connectivity index (χ2v) is 8.57. The van der Waals surface area contributed by atoms with Crippen LogP contribution in [0.1, 0.15) is 31.0 Å². The van der Waals surface area contributed by atoms with Crippen molar-refractivity contribution in [3.8, 4) is 23.1 Å². The summed E-state index contributed by atoms with van der Waals surface area (Å²) in [7, 11) is 1.65. The number of rotatable bonds is 10. The smallest absolute Gasteiger partial charge is 0.227 e. The minimum Gasteiger partial charge on any atom is -0.497 e. The molecule has 0 aliphatic carbocycles. The van der Waals surface area contributed by atoms with Crippen molar-refractivity contribution in [2.45, 2.75) is 45.4 Å². The fraction of sp³-hybridized carbons (Fsp3) is 0.423. The summed E-state index contributed by atoms with van der Waals surface area (Å²) in [5.41, 5.74) is 2.81. The first-order chi connectivity index (χ1) is 16.0. The van der Waals surface area contributed by atoms with Crippen LogP contribution in [-0.4, -0.2) is 58.8 Å². The molecule has 2 aromatic carbocycles. The van der Waals surface area contributed by atoms with Gasteiger partial charge < -0.3 is 19.3 Å². The highest BCUT2D eigenvalue weighted by molar-refractivity contribution is 5.44. The second kappa shape index (κ2) is 10.8. The molecule has 7 nitrogen and oxygen atoms in total. The minimum absolute atomic E-state index is 0.194. The molecule has 7 heteroatoms. The van der Waals surface area contributed by atoms with Gasteiger partial charge >= 0.3 is 0 Å². The van der Waals surface area contributed by atoms with Crippen molar-refractivity contribution >= 4 is 0 Å². The maximum Gasteiger partial charge on any atom is 0.227 e. The fourth-order valence-corrected chi connectivity index (χ4v) is 4.20. The molecule has 0 radical (unpaired) electrons. The topological polar surface area (TPSA) is 69.0 Å². The van der Waals surface area contributed by atoms with Gasteiger partial charge in [-0.25, -0.2) is 4.68 Å². The molecule has 0 amide bonds. The van der Waals surface area contributed by atoms with E-state index in [0.29, 0.717) is 24.7 Å². The minimum atomic E-state index is -0.443. The highest BCUT2D eigenvalue weighted by atomic mass is 16.5. The lowest BCUT2D eigenvalue weighted by Crippen LogP contribution is -2.36. The molecule has 1 N–H and O–H groups in total. The van der Waals surface area contributed by atoms with E-state index in [1.165, 1.54) is 0 Å². The summed E-state index contributed by atoms with van der Waals surface area (Å²) in [5, 5.41) is 15.0. The number of aliphatic hydroxyl groups is 1. The van der Waals surface area contributed by atoms with Crippen molar-refractivity contribution in [2.75, 3.05) is 26.8 Å². The molecule has 2 atom stereocenters. The maximum atomic E-state index is 10.1. The Kier molecular flexibility index (Phi) is 7.65. The average Bonchev–Trinajstić information content (AvgIpc) is 3.43. The Hall–Kier alpha value is -2.87. The quantitative estimate of drug-likeness (QED) is 0.494. The number of aryl methyl sites for hydroxylation is 1. The third-order valence-corrected chi connectivity index (χ3v) is 5.80. The third-order valence-electron chi connectivity index (χ3n) is 5.80. The maximum absolute atomic E-state index is 10.1. The first-order valence-electron chi connectivity index (χ1n) is 11.5. The molecular weight excluding hydrogens is 418 g/mol. The molecule has 176 valence electrons. The van der Waals surface area contributed by atoms with Gasteiger partial charge in [-0.2, -0.15) is 5.10 Å². The van der Waals surface area contributed by atoms with Crippen LogP contribution in [0.2, 0.25) is 0 Å². The standard InChI is InChI=1S/C26H33N3O4/c1-19(30)16-28(17-24-10-7-15-32-24)18-25-20(2)27-29(21-8-5-4-6-9-21)26(25)33-23-13-11-22(31-3)12-14-23/h4-6,8-9,11-14,19,24,30H,7,10,15-18H2,1-3H3. The largest absolute Gasteiger partial charge is 0.497 e. The van der Waals surface area contributed by atoms with Gasteiger partial charge in [-0.05, 0) is 63.1 Å². The predicted molar refractivity (Wildman–Crippen MR) is 127 cm³/mol. The summed E-state index contributed by atoms with van der Waals surface area (Å²) < 4.78 is 19.4. The molecule has 1 aliphatic heterocycles. The highest BCUT2D eigenvalue weighted by Crippen LogP contribution is 2.32. The zero-order valence-corrected chi connectivity index (χ0v) is 19.6. The Bertz CT molecular complexity index is 1010. The van der Waals surface area contributed by atoms with Crippen LogP contribution in [0.25, 0.3) is 5.69 Å². The Balaban J connectivity index is 1.68. The van der Waals surface area contributed by atoms with Gasteiger partial charge in [0.15, 0.2) is 0 Å². The van der Waals surface area contributed by atoms with Crippen LogP contribution in [0.15, 0.2) is 54.6 Å². The molecule has 2 heterocycles. The average molecular weight is 452 g/mol. The zero-order chi connectivity index (χ0) is 23.2. The van der Waals surface area contributed by atoms with Crippen molar-refractivity contribution in [1.82, 2.24) is 14.7 Å². The van der Waals surface area contributed by atoms with Crippen molar-refractivity contribution in [3.63, 3.8) is 0 Å². The van der Waals surface area contributed by atoms with E-state index in [2.05, 4.69) is 4.90 Å². The SMILES string of the molecule is COc1ccc(Oc2c(CN(CC(C)O)CC3CCCO3)c(C)nn2-c2ccccc2)cc1. The van der Waals surface area contributed by atoms with Gasteiger partial charge in [0.05, 0.1) is 36.3 Å². The van der Waals surface area contributed by atoms with E-state index >= 15 is 0 Å². The van der Waals surface area contributed by atoms with Gasteiger partial charge in [0.1, 0.15) is 11.5 Å². The van der Waals surface area contributed by atoms with Crippen LogP contribution >= 0.6 is 0 Å². The molecular formula is C26H33N3O4. The monoisotopic (exact) mass is 451 g/mol. The van der Waals surface area contributed by atoms with Crippen molar-refractivity contribution in [1.29, 1.82) is 0 Å². The second-order valence-electron chi connectivity index (χ2n) is 8.57. The number of aliphatic hydroxyl groups excluding tert-OH is 1. The number of nitrogens with zero attached hydrogens (tertiary/aromatic N) is 3. The summed E-state index contributed by atoms with van der Waals surface area (Å²) >= 11 is 0. The first kappa shape index (κ1) is 23.3. The third kappa shape index (κ3) is 5.93. The number of ether oxygens (including phenoxy) is 3. The molecule has 1 aromatic heterocycles. The van der Waals surface area contributed by atoms with Gasteiger partial charge in [-0.1, -0.05) is 18.2 Å². The van der Waals surface area contributed by atoms with Gasteiger partial charge in [-0.15, -0.1) is 0 Å². The van der Waals surface area contributed by atoms with E-state index in [-0.39, 0.29) is 6.10 Å². The molecule has 0 spiro atoms. The van der Waals surface area contributed by atoms with E-state index in [0.717, 1.165) is 48.7 Å². The number of benzene rings is 2. The lowest BCUT2D eigenvalue weighted by atomic mass is 10.1. The van der Waals surface area contributed by atoms with Gasteiger partial charge in [0, 0.05) is 26.2 Å². The number of para-hydroxylation sites is 1. The van der Waals surface area contributed by atoms with Crippen LogP contribution in [0.4, 0.5) is 0 Å². The molecule has 4 rings (SSSR count). The lowest BCUT2D eigenvalue weighted by Gasteiger charge is -2.26. The summed E-state index contributed by atoms with van der Waals surface area (Å²) in [6, 6.07) is 17.5. The summed E-state index contributed by atoms with van der Waals surface area (Å²) in [6.07, 6.45) is 1.89. The Labute approximate surface area is 195 Å². The lowest BCUT2D eigenvalue weighted by molar-refractivity contribution is 0.0500. The number of methoxy groups -OCH3 is 1. The van der Waals surface area contributed by atoms with Crippen LogP contribution in [-0.2, 0) is 11.3 Å². The number of hydrogen-bond donors (Lipinski definition) is 1. The predicted octanol–water partition coefficient (Wildman–Crippen LogP) is 4.34. The Morgan fingerprint density at radius 2 is 1.88 bits per heavy atom. The van der Waals surface area contributed by atoms with Crippen molar-refractivity contribution in [3.05, 3.63) is 65.9 Å². The van der Waals surface area contributed by atoms with Crippen LogP contribution < -0.4 is 9.47 Å². The molecule has 1 saturated heterocycles. The Morgan fingerprint density at radius 3 is 2.52 bits per heavy atom. The van der Waals surface area contributed by atoms with Gasteiger partial charge in [-0.3, -0.25) is 4.90 Å². The van der Waals surface area contributed by atoms with Crippen LogP contribution in [0.5, 0.6) is 17.4 Å². The Morgan fingerprint density at radius 1 is 1.15 bits per heavy atom. The summed E-state index contributed by atoms with van der Waals surface area (Å²) in [4.78, 5) is 2.24. The number of hydrogen-bond acceptors (Lipinski definition) is 6. The van der Waals surface area contributed by atoms with Crippen molar-refractivity contribution < 1.29 is 19.3 Å². The van der Waals surface area contributed by atoms with Crippen LogP contribution in [0, 0.1) is 6.92 Å². The van der Waals surface area contributed by atoms with E-state index in [9.17, 15) is 5.11 Å². The summed E-state index contributed by atoms with van der Waals surface area (Å²) in [5.74, 6) is 2.15. The van der Waals surface area contributed by atoms with Gasteiger partial charge in [0.2, 0.25) is 5.88 Å².